The number of halogens is 4. The molecule has 1 saturated carbocycles. The first kappa shape index (κ1) is 23.2. The van der Waals surface area contributed by atoms with Crippen molar-refractivity contribution in [3.05, 3.63) is 82.0 Å². The summed E-state index contributed by atoms with van der Waals surface area (Å²) in [6.45, 7) is 0. The normalized spacial score (nSPS) is 14.6. The van der Waals surface area contributed by atoms with Gasteiger partial charge in [-0.25, -0.2) is 14.4 Å². The van der Waals surface area contributed by atoms with Gasteiger partial charge in [0.15, 0.2) is 11.6 Å². The van der Waals surface area contributed by atoms with Gasteiger partial charge < -0.3 is 9.84 Å². The number of aromatic nitrogens is 3. The van der Waals surface area contributed by atoms with Gasteiger partial charge in [-0.05, 0) is 41.5 Å². The minimum absolute atomic E-state index is 0.0843. The monoisotopic (exact) mass is 502 g/mol. The number of thiophene rings is 1. The van der Waals surface area contributed by atoms with E-state index in [0.717, 1.165) is 10.9 Å². The molecule has 0 unspecified atom stereocenters. The van der Waals surface area contributed by atoms with Crippen molar-refractivity contribution in [1.82, 2.24) is 15.1 Å². The highest BCUT2D eigenvalue weighted by atomic mass is 32.1. The molecule has 0 spiro atoms. The van der Waals surface area contributed by atoms with Gasteiger partial charge in [-0.15, -0.1) is 11.3 Å². The zero-order valence-electron chi connectivity index (χ0n) is 18.1. The first-order valence-corrected chi connectivity index (χ1v) is 11.6. The van der Waals surface area contributed by atoms with Crippen LogP contribution in [0.25, 0.3) is 11.1 Å². The average molecular weight is 502 g/mol. The van der Waals surface area contributed by atoms with Crippen molar-refractivity contribution in [3.63, 3.8) is 0 Å². The van der Waals surface area contributed by atoms with Gasteiger partial charge in [0.1, 0.15) is 17.1 Å². The molecule has 0 radical (unpaired) electrons. The molecule has 1 aliphatic carbocycles. The van der Waals surface area contributed by atoms with Gasteiger partial charge in [0.05, 0.1) is 6.42 Å². The van der Waals surface area contributed by atoms with Gasteiger partial charge in [0.25, 0.3) is 0 Å². The van der Waals surface area contributed by atoms with Crippen molar-refractivity contribution in [2.75, 3.05) is 5.32 Å². The van der Waals surface area contributed by atoms with Crippen LogP contribution in [-0.2, 0) is 23.1 Å². The van der Waals surface area contributed by atoms with Gasteiger partial charge >= 0.3 is 6.18 Å². The predicted octanol–water partition coefficient (Wildman–Crippen LogP) is 5.70. The summed E-state index contributed by atoms with van der Waals surface area (Å²) in [5.41, 5.74) is -0.725. The third kappa shape index (κ3) is 4.81. The largest absolute Gasteiger partial charge is 0.401 e. The molecule has 3 aromatic heterocycles. The van der Waals surface area contributed by atoms with E-state index in [4.69, 9.17) is 4.52 Å². The molecule has 11 heteroatoms. The number of rotatable bonds is 7. The van der Waals surface area contributed by atoms with Crippen LogP contribution in [0, 0.1) is 5.82 Å². The van der Waals surface area contributed by atoms with Gasteiger partial charge in [-0.2, -0.15) is 13.2 Å². The maximum atomic E-state index is 14.7. The summed E-state index contributed by atoms with van der Waals surface area (Å²) < 4.78 is 59.1. The number of nitrogens with zero attached hydrogens (tertiary/aromatic N) is 3. The van der Waals surface area contributed by atoms with Gasteiger partial charge in [-0.3, -0.25) is 4.79 Å². The molecule has 35 heavy (non-hydrogen) atoms. The third-order valence-corrected chi connectivity index (χ3v) is 6.77. The Labute approximate surface area is 201 Å². The lowest BCUT2D eigenvalue weighted by molar-refractivity contribution is -0.165. The summed E-state index contributed by atoms with van der Waals surface area (Å²) in [4.78, 5) is 22.1. The lowest BCUT2D eigenvalue weighted by Crippen LogP contribution is -2.28. The molecule has 1 amide bonds. The standard InChI is InChI=1S/C24H18F4N4O2S/c25-18-8-14(16-12-29-20(30-13-16)10-17-2-1-7-35-17)3-4-15(18)9-22(33)31-21-11-19(34-32-21)23(5-6-23)24(26,27)28/h1-4,7-8,11-13H,5-6,9-10H2,(H,31,32,33). The number of anilines is 1. The summed E-state index contributed by atoms with van der Waals surface area (Å²) in [7, 11) is 0. The Bertz CT molecular complexity index is 1350. The number of carbonyl (C=O) groups is 1. The Balaban J connectivity index is 1.22. The Morgan fingerprint density at radius 2 is 1.89 bits per heavy atom. The molecule has 0 atom stereocenters. The van der Waals surface area contributed by atoms with E-state index in [1.54, 1.807) is 29.8 Å². The molecule has 5 rings (SSSR count). The van der Waals surface area contributed by atoms with Crippen molar-refractivity contribution in [3.8, 4) is 11.1 Å². The minimum atomic E-state index is -4.45. The van der Waals surface area contributed by atoms with E-state index in [1.165, 1.54) is 12.1 Å². The fourth-order valence-electron chi connectivity index (χ4n) is 3.75. The Morgan fingerprint density at radius 3 is 2.51 bits per heavy atom. The highest BCUT2D eigenvalue weighted by molar-refractivity contribution is 7.09. The molecule has 0 bridgehead atoms. The fraction of sp³-hybridized carbons (Fsp3) is 0.250. The van der Waals surface area contributed by atoms with E-state index in [-0.39, 0.29) is 36.4 Å². The first-order chi connectivity index (χ1) is 16.7. The van der Waals surface area contributed by atoms with E-state index in [9.17, 15) is 22.4 Å². The fourth-order valence-corrected chi connectivity index (χ4v) is 4.45. The van der Waals surface area contributed by atoms with Gasteiger partial charge in [0.2, 0.25) is 5.91 Å². The first-order valence-electron chi connectivity index (χ1n) is 10.7. The second kappa shape index (κ2) is 8.88. The molecule has 1 fully saturated rings. The zero-order valence-corrected chi connectivity index (χ0v) is 18.9. The Kier molecular flexibility index (Phi) is 5.87. The molecule has 1 aromatic carbocycles. The number of carbonyl (C=O) groups excluding carboxylic acids is 1. The van der Waals surface area contributed by atoms with E-state index in [0.29, 0.717) is 23.4 Å². The van der Waals surface area contributed by atoms with E-state index >= 15 is 0 Å². The lowest BCUT2D eigenvalue weighted by Gasteiger charge is -2.14. The number of alkyl halides is 3. The predicted molar refractivity (Wildman–Crippen MR) is 120 cm³/mol. The summed E-state index contributed by atoms with van der Waals surface area (Å²) >= 11 is 1.62. The number of amides is 1. The minimum Gasteiger partial charge on any atom is -0.358 e. The number of nitrogens with one attached hydrogen (secondary N) is 1. The highest BCUT2D eigenvalue weighted by Crippen LogP contribution is 2.59. The van der Waals surface area contributed by atoms with Crippen molar-refractivity contribution in [1.29, 1.82) is 0 Å². The zero-order chi connectivity index (χ0) is 24.6. The molecule has 1 aliphatic rings. The third-order valence-electron chi connectivity index (χ3n) is 5.90. The molecule has 3 heterocycles. The van der Waals surface area contributed by atoms with Crippen LogP contribution < -0.4 is 5.32 Å². The lowest BCUT2D eigenvalue weighted by atomic mass is 10.0. The Hall–Kier alpha value is -3.60. The van der Waals surface area contributed by atoms with Crippen molar-refractivity contribution in [2.45, 2.75) is 37.3 Å². The van der Waals surface area contributed by atoms with Crippen LogP contribution in [0.1, 0.15) is 34.9 Å². The summed E-state index contributed by atoms with van der Waals surface area (Å²) in [6, 6.07) is 9.44. The average Bonchev–Trinajstić information content (AvgIpc) is 3.25. The maximum Gasteiger partial charge on any atom is 0.401 e. The van der Waals surface area contributed by atoms with Crippen molar-refractivity contribution >= 4 is 23.1 Å². The van der Waals surface area contributed by atoms with E-state index < -0.39 is 23.3 Å². The SMILES string of the molecule is O=C(Cc1ccc(-c2cnc(Cc3cccs3)nc2)cc1F)Nc1cc(C2(C(F)(F)F)CC2)on1. The summed E-state index contributed by atoms with van der Waals surface area (Å²) in [5.74, 6) is -1.05. The van der Waals surface area contributed by atoms with E-state index in [2.05, 4.69) is 20.4 Å². The topological polar surface area (TPSA) is 80.9 Å². The van der Waals surface area contributed by atoms with Crippen LogP contribution in [0.5, 0.6) is 0 Å². The molecule has 180 valence electrons. The van der Waals surface area contributed by atoms with E-state index in [1.807, 2.05) is 17.5 Å². The molecule has 0 aliphatic heterocycles. The van der Waals surface area contributed by atoms with Crippen LogP contribution in [0.4, 0.5) is 23.4 Å². The van der Waals surface area contributed by atoms with Crippen LogP contribution in [-0.4, -0.2) is 27.2 Å². The summed E-state index contributed by atoms with van der Waals surface area (Å²) in [5, 5.41) is 7.85. The molecular formula is C24H18F4N4O2S. The quantitative estimate of drug-likeness (QED) is 0.328. The van der Waals surface area contributed by atoms with Gasteiger partial charge in [-0.1, -0.05) is 23.4 Å². The molecule has 1 N–H and O–H groups in total. The van der Waals surface area contributed by atoms with Crippen LogP contribution in [0.2, 0.25) is 0 Å². The van der Waals surface area contributed by atoms with Crippen LogP contribution in [0.15, 0.2) is 58.7 Å². The van der Waals surface area contributed by atoms with Gasteiger partial charge in [0, 0.05) is 35.3 Å². The number of hydrogen-bond acceptors (Lipinski definition) is 6. The van der Waals surface area contributed by atoms with Crippen LogP contribution in [0.3, 0.4) is 0 Å². The Morgan fingerprint density at radius 1 is 1.11 bits per heavy atom. The highest BCUT2D eigenvalue weighted by Gasteiger charge is 2.66. The second-order valence-electron chi connectivity index (χ2n) is 8.33. The molecular weight excluding hydrogens is 484 g/mol. The summed E-state index contributed by atoms with van der Waals surface area (Å²) in [6.07, 6.45) is -1.09. The molecule has 4 aromatic rings. The maximum absolute atomic E-state index is 14.7. The molecule has 6 nitrogen and oxygen atoms in total. The van der Waals surface area contributed by atoms with Crippen LogP contribution >= 0.6 is 11.3 Å². The number of hydrogen-bond donors (Lipinski definition) is 1. The second-order valence-corrected chi connectivity index (χ2v) is 9.36. The number of benzene rings is 1. The van der Waals surface area contributed by atoms with Crippen molar-refractivity contribution in [2.24, 2.45) is 0 Å². The molecule has 0 saturated heterocycles. The van der Waals surface area contributed by atoms with Crippen molar-refractivity contribution < 1.29 is 26.9 Å². The smallest absolute Gasteiger partial charge is 0.358 e.